The Bertz CT molecular complexity index is 793. The highest BCUT2D eigenvalue weighted by molar-refractivity contribution is 7.98. The molecule has 15 nitrogen and oxygen atoms in total. The van der Waals surface area contributed by atoms with E-state index >= 15 is 0 Å². The van der Waals surface area contributed by atoms with Crippen LogP contribution in [0.1, 0.15) is 32.1 Å². The van der Waals surface area contributed by atoms with E-state index in [4.69, 9.17) is 21.7 Å². The quantitative estimate of drug-likeness (QED) is 0.0968. The summed E-state index contributed by atoms with van der Waals surface area (Å²) < 4.78 is 0. The minimum Gasteiger partial charge on any atom is -0.481 e. The summed E-state index contributed by atoms with van der Waals surface area (Å²) in [6.45, 7) is 0. The molecule has 0 heterocycles. The third kappa shape index (κ3) is 12.6. The number of hydrogen-bond acceptors (Lipinski definition) is 9. The van der Waals surface area contributed by atoms with Crippen LogP contribution >= 0.6 is 11.8 Å². The first-order chi connectivity index (χ1) is 15.8. The predicted molar refractivity (Wildman–Crippen MR) is 117 cm³/mol. The van der Waals surface area contributed by atoms with E-state index < -0.39 is 78.5 Å². The number of carbonyl (C=O) groups excluding carboxylic acids is 4. The van der Waals surface area contributed by atoms with Crippen LogP contribution < -0.4 is 27.4 Å². The van der Waals surface area contributed by atoms with Gasteiger partial charge in [0.25, 0.3) is 0 Å². The molecule has 0 saturated heterocycles. The van der Waals surface area contributed by atoms with E-state index in [9.17, 15) is 38.7 Å². The lowest BCUT2D eigenvalue weighted by molar-refractivity contribution is -0.143. The Balaban J connectivity index is 5.50. The lowest BCUT2D eigenvalue weighted by Gasteiger charge is -2.24. The Morgan fingerprint density at radius 1 is 0.765 bits per heavy atom. The molecule has 0 aromatic rings. The normalized spacial score (nSPS) is 14.1. The van der Waals surface area contributed by atoms with E-state index in [-0.39, 0.29) is 19.3 Å². The molecule has 0 fully saturated rings. The van der Waals surface area contributed by atoms with Gasteiger partial charge in [-0.3, -0.25) is 28.8 Å². The predicted octanol–water partition coefficient (Wildman–Crippen LogP) is -3.18. The molecule has 10 N–H and O–H groups in total. The summed E-state index contributed by atoms with van der Waals surface area (Å²) in [5, 5.41) is 33.5. The molecule has 34 heavy (non-hydrogen) atoms. The summed E-state index contributed by atoms with van der Waals surface area (Å²) in [5.74, 6) is -7.85. The van der Waals surface area contributed by atoms with Crippen LogP contribution in [0.25, 0.3) is 0 Å². The minimum atomic E-state index is -1.72. The lowest BCUT2D eigenvalue weighted by Crippen LogP contribution is -2.57. The molecule has 0 aliphatic heterocycles. The fraction of sp³-hybridized carbons (Fsp3) is 0.611. The Labute approximate surface area is 198 Å². The average Bonchev–Trinajstić information content (AvgIpc) is 2.71. The summed E-state index contributed by atoms with van der Waals surface area (Å²) in [4.78, 5) is 81.5. The zero-order valence-electron chi connectivity index (χ0n) is 18.3. The summed E-state index contributed by atoms with van der Waals surface area (Å²) in [7, 11) is 0. The summed E-state index contributed by atoms with van der Waals surface area (Å²) in [6, 6.07) is -6.04. The number of hydrogen-bond donors (Lipinski definition) is 8. The standard InChI is InChI=1S/C18H29N5O10S/c1-34-5-4-9(21-15(29)8(19)6-13(25)26)16(30)23-11(7-14(27)28)17(31)22-10(18(32)33)2-3-12(20)24/h8-11H,2-7,19H2,1H3,(H2,20,24)(H,21,29)(H,22,31)(H,23,30)(H,25,26)(H,27,28)(H,32,33). The topological polar surface area (TPSA) is 268 Å². The van der Waals surface area contributed by atoms with Crippen LogP contribution in [0.5, 0.6) is 0 Å². The Hall–Kier alpha value is -3.40. The molecule has 0 saturated carbocycles. The van der Waals surface area contributed by atoms with Gasteiger partial charge < -0.3 is 42.7 Å². The van der Waals surface area contributed by atoms with Crippen molar-refractivity contribution < 1.29 is 48.9 Å². The van der Waals surface area contributed by atoms with Crippen molar-refractivity contribution in [2.75, 3.05) is 12.0 Å². The number of thioether (sulfide) groups is 1. The van der Waals surface area contributed by atoms with Gasteiger partial charge in [-0.25, -0.2) is 4.79 Å². The summed E-state index contributed by atoms with van der Waals surface area (Å²) in [5.41, 5.74) is 10.5. The van der Waals surface area contributed by atoms with E-state index in [0.29, 0.717) is 5.75 Å². The van der Waals surface area contributed by atoms with Crippen LogP contribution in [0.3, 0.4) is 0 Å². The number of rotatable bonds is 17. The number of carbonyl (C=O) groups is 7. The Kier molecular flexibility index (Phi) is 13.9. The van der Waals surface area contributed by atoms with Crippen LogP contribution in [0.4, 0.5) is 0 Å². The Morgan fingerprint density at radius 2 is 1.26 bits per heavy atom. The van der Waals surface area contributed by atoms with Gasteiger partial charge in [0.15, 0.2) is 0 Å². The SMILES string of the molecule is CSCCC(NC(=O)C(N)CC(=O)O)C(=O)NC(CC(=O)O)C(=O)NC(CCC(N)=O)C(=O)O. The highest BCUT2D eigenvalue weighted by atomic mass is 32.2. The second kappa shape index (κ2) is 15.4. The molecule has 4 atom stereocenters. The Morgan fingerprint density at radius 3 is 1.74 bits per heavy atom. The molecule has 0 aliphatic rings. The molecule has 4 amide bonds. The zero-order chi connectivity index (χ0) is 26.4. The van der Waals surface area contributed by atoms with Crippen molar-refractivity contribution in [1.82, 2.24) is 16.0 Å². The maximum atomic E-state index is 12.7. The van der Waals surface area contributed by atoms with Gasteiger partial charge in [-0.05, 0) is 24.9 Å². The molecule has 0 aromatic heterocycles. The second-order valence-corrected chi connectivity index (χ2v) is 8.10. The van der Waals surface area contributed by atoms with Gasteiger partial charge in [0.2, 0.25) is 23.6 Å². The van der Waals surface area contributed by atoms with Crippen LogP contribution in [0, 0.1) is 0 Å². The van der Waals surface area contributed by atoms with Crippen LogP contribution in [-0.2, 0) is 33.6 Å². The molecule has 0 aliphatic carbocycles. The maximum absolute atomic E-state index is 12.7. The van der Waals surface area contributed by atoms with Crippen LogP contribution in [0.15, 0.2) is 0 Å². The number of carboxylic acid groups (broad SMARTS) is 3. The van der Waals surface area contributed by atoms with Gasteiger partial charge in [-0.15, -0.1) is 0 Å². The monoisotopic (exact) mass is 507 g/mol. The lowest BCUT2D eigenvalue weighted by atomic mass is 10.1. The number of nitrogens with two attached hydrogens (primary N) is 2. The van der Waals surface area contributed by atoms with Crippen molar-refractivity contribution in [2.45, 2.75) is 56.3 Å². The van der Waals surface area contributed by atoms with E-state index in [0.717, 1.165) is 0 Å². The zero-order valence-corrected chi connectivity index (χ0v) is 19.1. The molecule has 192 valence electrons. The van der Waals surface area contributed by atoms with Crippen molar-refractivity contribution in [3.63, 3.8) is 0 Å². The minimum absolute atomic E-state index is 0.0380. The average molecular weight is 508 g/mol. The largest absolute Gasteiger partial charge is 0.481 e. The number of primary amides is 1. The van der Waals surface area contributed by atoms with E-state index in [1.165, 1.54) is 11.8 Å². The van der Waals surface area contributed by atoms with E-state index in [2.05, 4.69) is 10.6 Å². The van der Waals surface area contributed by atoms with Gasteiger partial charge in [-0.2, -0.15) is 11.8 Å². The third-order valence-corrected chi connectivity index (χ3v) is 4.92. The van der Waals surface area contributed by atoms with Gasteiger partial charge in [0.1, 0.15) is 18.1 Å². The first-order valence-corrected chi connectivity index (χ1v) is 11.3. The fourth-order valence-electron chi connectivity index (χ4n) is 2.54. The van der Waals surface area contributed by atoms with Crippen molar-refractivity contribution >= 4 is 53.3 Å². The molecule has 0 radical (unpaired) electrons. The molecule has 4 unspecified atom stereocenters. The second-order valence-electron chi connectivity index (χ2n) is 7.11. The number of nitrogens with one attached hydrogen (secondary N) is 3. The van der Waals surface area contributed by atoms with Crippen molar-refractivity contribution in [1.29, 1.82) is 0 Å². The number of aliphatic carboxylic acids is 3. The molecule has 0 bridgehead atoms. The number of carboxylic acids is 3. The van der Waals surface area contributed by atoms with Crippen molar-refractivity contribution in [3.05, 3.63) is 0 Å². The molecular formula is C18H29N5O10S. The van der Waals surface area contributed by atoms with E-state index in [1.54, 1.807) is 6.26 Å². The van der Waals surface area contributed by atoms with Crippen molar-refractivity contribution in [3.8, 4) is 0 Å². The van der Waals surface area contributed by atoms with Gasteiger partial charge in [0.05, 0.1) is 18.9 Å². The first kappa shape index (κ1) is 30.6. The van der Waals surface area contributed by atoms with Gasteiger partial charge in [0, 0.05) is 6.42 Å². The molecular weight excluding hydrogens is 478 g/mol. The first-order valence-electron chi connectivity index (χ1n) is 9.88. The van der Waals surface area contributed by atoms with Crippen molar-refractivity contribution in [2.24, 2.45) is 11.5 Å². The highest BCUT2D eigenvalue weighted by Gasteiger charge is 2.31. The molecule has 0 spiro atoms. The molecule has 0 aromatic carbocycles. The van der Waals surface area contributed by atoms with Crippen LogP contribution in [0.2, 0.25) is 0 Å². The molecule has 0 rings (SSSR count). The molecule has 16 heteroatoms. The van der Waals surface area contributed by atoms with Gasteiger partial charge >= 0.3 is 17.9 Å². The van der Waals surface area contributed by atoms with Gasteiger partial charge in [-0.1, -0.05) is 0 Å². The van der Waals surface area contributed by atoms with Crippen LogP contribution in [-0.4, -0.2) is 93.0 Å². The maximum Gasteiger partial charge on any atom is 0.326 e. The number of amides is 4. The fourth-order valence-corrected chi connectivity index (χ4v) is 3.01. The summed E-state index contributed by atoms with van der Waals surface area (Å²) >= 11 is 1.32. The van der Waals surface area contributed by atoms with E-state index in [1.807, 2.05) is 5.32 Å². The highest BCUT2D eigenvalue weighted by Crippen LogP contribution is 2.05. The smallest absolute Gasteiger partial charge is 0.326 e. The summed E-state index contributed by atoms with van der Waals surface area (Å²) in [6.07, 6.45) is -0.594. The third-order valence-electron chi connectivity index (χ3n) is 4.28.